The molecule has 4 heteroatoms. The number of aryl methyl sites for hydroxylation is 2. The summed E-state index contributed by atoms with van der Waals surface area (Å²) < 4.78 is 38.0. The van der Waals surface area contributed by atoms with Gasteiger partial charge < -0.3 is 5.32 Å². The molecule has 1 atom stereocenters. The van der Waals surface area contributed by atoms with Gasteiger partial charge in [-0.15, -0.1) is 0 Å². The topological polar surface area (TPSA) is 12.0 Å². The lowest BCUT2D eigenvalue weighted by Gasteiger charge is -2.19. The molecule has 1 aliphatic rings. The van der Waals surface area contributed by atoms with Crippen molar-refractivity contribution in [2.45, 2.75) is 58.2 Å². The van der Waals surface area contributed by atoms with Gasteiger partial charge in [0.2, 0.25) is 0 Å². The van der Waals surface area contributed by atoms with E-state index >= 15 is 0 Å². The largest absolute Gasteiger partial charge is 0.416 e. The van der Waals surface area contributed by atoms with Crippen LogP contribution in [0.3, 0.4) is 0 Å². The molecule has 0 radical (unpaired) electrons. The van der Waals surface area contributed by atoms with Crippen LogP contribution in [0, 0.1) is 12.8 Å². The molecule has 0 heterocycles. The van der Waals surface area contributed by atoms with Gasteiger partial charge in [0.05, 0.1) is 5.56 Å². The zero-order valence-electron chi connectivity index (χ0n) is 12.8. The molecule has 0 aliphatic heterocycles. The zero-order chi connectivity index (χ0) is 15.5. The van der Waals surface area contributed by atoms with Crippen LogP contribution in [0.25, 0.3) is 0 Å². The van der Waals surface area contributed by atoms with Crippen molar-refractivity contribution in [3.8, 4) is 0 Å². The van der Waals surface area contributed by atoms with E-state index in [1.165, 1.54) is 25.0 Å². The Balaban J connectivity index is 1.96. The molecule has 1 unspecified atom stereocenters. The lowest BCUT2D eigenvalue weighted by atomic mass is 9.97. The van der Waals surface area contributed by atoms with Crippen molar-refractivity contribution in [3.05, 3.63) is 34.9 Å². The maximum absolute atomic E-state index is 12.7. The molecule has 0 spiro atoms. The van der Waals surface area contributed by atoms with E-state index in [2.05, 4.69) is 12.2 Å². The first-order valence-corrected chi connectivity index (χ1v) is 7.82. The normalized spacial score (nSPS) is 17.0. The highest BCUT2D eigenvalue weighted by Gasteiger charge is 2.32. The molecule has 118 valence electrons. The summed E-state index contributed by atoms with van der Waals surface area (Å²) in [7, 11) is 0. The molecule has 21 heavy (non-hydrogen) atoms. The first-order valence-electron chi connectivity index (χ1n) is 7.82. The van der Waals surface area contributed by atoms with Crippen LogP contribution in [-0.2, 0) is 12.6 Å². The summed E-state index contributed by atoms with van der Waals surface area (Å²) in [5, 5.41) is 3.58. The van der Waals surface area contributed by atoms with E-state index < -0.39 is 11.7 Å². The lowest BCUT2D eigenvalue weighted by molar-refractivity contribution is -0.137. The highest BCUT2D eigenvalue weighted by molar-refractivity contribution is 5.32. The Labute approximate surface area is 124 Å². The summed E-state index contributed by atoms with van der Waals surface area (Å²) in [4.78, 5) is 0. The monoisotopic (exact) mass is 299 g/mol. The SMILES string of the molecule is CCCNC(CCc1ccc(C(F)(F)F)cc1C)C1CC1. The van der Waals surface area contributed by atoms with Crippen molar-refractivity contribution in [3.63, 3.8) is 0 Å². The van der Waals surface area contributed by atoms with Crippen LogP contribution < -0.4 is 5.32 Å². The van der Waals surface area contributed by atoms with E-state index in [4.69, 9.17) is 0 Å². The maximum Gasteiger partial charge on any atom is 0.416 e. The highest BCUT2D eigenvalue weighted by atomic mass is 19.4. The van der Waals surface area contributed by atoms with Crippen LogP contribution in [-0.4, -0.2) is 12.6 Å². The second kappa shape index (κ2) is 6.82. The smallest absolute Gasteiger partial charge is 0.314 e. The first-order chi connectivity index (χ1) is 9.91. The van der Waals surface area contributed by atoms with Crippen LogP contribution in [0.5, 0.6) is 0 Å². The number of halogens is 3. The molecule has 1 N–H and O–H groups in total. The van der Waals surface area contributed by atoms with E-state index in [1.807, 2.05) is 0 Å². The minimum atomic E-state index is -4.25. The van der Waals surface area contributed by atoms with Gasteiger partial charge in [0.15, 0.2) is 0 Å². The quantitative estimate of drug-likeness (QED) is 0.768. The minimum Gasteiger partial charge on any atom is -0.314 e. The van der Waals surface area contributed by atoms with Crippen LogP contribution in [0.4, 0.5) is 13.2 Å². The molecule has 0 amide bonds. The number of benzene rings is 1. The van der Waals surface area contributed by atoms with Gasteiger partial charge in [0.1, 0.15) is 0 Å². The van der Waals surface area contributed by atoms with Crippen molar-refractivity contribution in [2.75, 3.05) is 6.54 Å². The summed E-state index contributed by atoms with van der Waals surface area (Å²) in [6, 6.07) is 4.63. The van der Waals surface area contributed by atoms with Crippen molar-refractivity contribution in [1.29, 1.82) is 0 Å². The van der Waals surface area contributed by atoms with Crippen LogP contribution in [0.1, 0.15) is 49.3 Å². The van der Waals surface area contributed by atoms with Gasteiger partial charge >= 0.3 is 6.18 Å². The third-order valence-corrected chi connectivity index (χ3v) is 4.24. The van der Waals surface area contributed by atoms with Gasteiger partial charge in [0, 0.05) is 6.04 Å². The average Bonchev–Trinajstić information content (AvgIpc) is 3.23. The molecular formula is C17H24F3N. The van der Waals surface area contributed by atoms with Gasteiger partial charge in [0.25, 0.3) is 0 Å². The van der Waals surface area contributed by atoms with Crippen LogP contribution >= 0.6 is 0 Å². The number of hydrogen-bond donors (Lipinski definition) is 1. The molecule has 2 rings (SSSR count). The molecule has 1 aromatic carbocycles. The Morgan fingerprint density at radius 3 is 2.52 bits per heavy atom. The van der Waals surface area contributed by atoms with E-state index in [0.717, 1.165) is 42.9 Å². The first kappa shape index (κ1) is 16.3. The van der Waals surface area contributed by atoms with E-state index in [9.17, 15) is 13.2 Å². The van der Waals surface area contributed by atoms with E-state index in [0.29, 0.717) is 6.04 Å². The molecule has 1 fully saturated rings. The van der Waals surface area contributed by atoms with Crippen LogP contribution in [0.15, 0.2) is 18.2 Å². The number of rotatable bonds is 7. The summed E-state index contributed by atoms with van der Waals surface area (Å²) in [5.41, 5.74) is 1.23. The Morgan fingerprint density at radius 2 is 2.00 bits per heavy atom. The Morgan fingerprint density at radius 1 is 1.29 bits per heavy atom. The summed E-state index contributed by atoms with van der Waals surface area (Å²) in [6.45, 7) is 4.94. The molecule has 1 saturated carbocycles. The van der Waals surface area contributed by atoms with Crippen molar-refractivity contribution >= 4 is 0 Å². The molecule has 1 aliphatic carbocycles. The number of nitrogens with one attached hydrogen (secondary N) is 1. The van der Waals surface area contributed by atoms with Gasteiger partial charge in [-0.25, -0.2) is 0 Å². The molecule has 0 aromatic heterocycles. The van der Waals surface area contributed by atoms with Crippen molar-refractivity contribution in [2.24, 2.45) is 5.92 Å². The molecule has 1 nitrogen and oxygen atoms in total. The fraction of sp³-hybridized carbons (Fsp3) is 0.647. The fourth-order valence-electron chi connectivity index (χ4n) is 2.80. The van der Waals surface area contributed by atoms with Crippen molar-refractivity contribution < 1.29 is 13.2 Å². The third kappa shape index (κ3) is 4.73. The highest BCUT2D eigenvalue weighted by Crippen LogP contribution is 2.35. The summed E-state index contributed by atoms with van der Waals surface area (Å²) in [6.07, 6.45) is 1.30. The number of hydrogen-bond acceptors (Lipinski definition) is 1. The van der Waals surface area contributed by atoms with Gasteiger partial charge in [-0.05, 0) is 74.8 Å². The minimum absolute atomic E-state index is 0.520. The lowest BCUT2D eigenvalue weighted by Crippen LogP contribution is -2.32. The van der Waals surface area contributed by atoms with Crippen LogP contribution in [0.2, 0.25) is 0 Å². The maximum atomic E-state index is 12.7. The molecular weight excluding hydrogens is 275 g/mol. The Bertz CT molecular complexity index is 464. The van der Waals surface area contributed by atoms with Gasteiger partial charge in [-0.2, -0.15) is 13.2 Å². The Kier molecular flexibility index (Phi) is 5.31. The molecule has 0 bridgehead atoms. The number of alkyl halides is 3. The predicted molar refractivity (Wildman–Crippen MR) is 79.3 cm³/mol. The second-order valence-electron chi connectivity index (χ2n) is 6.08. The summed E-state index contributed by atoms with van der Waals surface area (Å²) in [5.74, 6) is 0.770. The molecule has 1 aromatic rings. The third-order valence-electron chi connectivity index (χ3n) is 4.24. The van der Waals surface area contributed by atoms with Gasteiger partial charge in [-0.3, -0.25) is 0 Å². The zero-order valence-corrected chi connectivity index (χ0v) is 12.8. The predicted octanol–water partition coefficient (Wildman–Crippen LogP) is 4.72. The summed E-state index contributed by atoms with van der Waals surface area (Å²) >= 11 is 0. The standard InChI is InChI=1S/C17H24F3N/c1-3-10-21-16(14-4-5-14)9-7-13-6-8-15(11-12(13)2)17(18,19)20/h6,8,11,14,16,21H,3-5,7,9-10H2,1-2H3. The van der Waals surface area contributed by atoms with E-state index in [1.54, 1.807) is 13.0 Å². The van der Waals surface area contributed by atoms with Crippen molar-refractivity contribution in [1.82, 2.24) is 5.32 Å². The second-order valence-corrected chi connectivity index (χ2v) is 6.08. The van der Waals surface area contributed by atoms with Gasteiger partial charge in [-0.1, -0.05) is 13.0 Å². The van der Waals surface area contributed by atoms with E-state index in [-0.39, 0.29) is 0 Å². The Hall–Kier alpha value is -1.03. The average molecular weight is 299 g/mol. The fourth-order valence-corrected chi connectivity index (χ4v) is 2.80. The molecule has 0 saturated heterocycles.